The van der Waals surface area contributed by atoms with E-state index in [1.807, 2.05) is 0 Å². The summed E-state index contributed by atoms with van der Waals surface area (Å²) in [6, 6.07) is 0. The first kappa shape index (κ1) is 14.3. The quantitative estimate of drug-likeness (QED) is 0.316. The van der Waals surface area contributed by atoms with Crippen LogP contribution in [0.1, 0.15) is 71.6 Å². The summed E-state index contributed by atoms with van der Waals surface area (Å²) >= 11 is 3.94. The van der Waals surface area contributed by atoms with Gasteiger partial charge in [-0.2, -0.15) is 0 Å². The smallest absolute Gasteiger partial charge is 0.0719 e. The van der Waals surface area contributed by atoms with Gasteiger partial charge in [0.25, 0.3) is 0 Å². The van der Waals surface area contributed by atoms with Gasteiger partial charge in [0.1, 0.15) is 0 Å². The molecule has 86 valence electrons. The van der Waals surface area contributed by atoms with Crippen molar-refractivity contribution in [2.45, 2.75) is 77.7 Å². The topological polar surface area (TPSA) is 9.23 Å². The van der Waals surface area contributed by atoms with Crippen LogP contribution in [0.4, 0.5) is 0 Å². The van der Waals surface area contributed by atoms with Crippen LogP contribution in [0.5, 0.6) is 0 Å². The molecule has 0 spiro atoms. The lowest BCUT2D eigenvalue weighted by Gasteiger charge is -2.13. The Kier molecular flexibility index (Phi) is 11.6. The molecule has 1 unspecified atom stereocenters. The predicted molar refractivity (Wildman–Crippen MR) is 66.8 cm³/mol. The van der Waals surface area contributed by atoms with Gasteiger partial charge in [-0.25, -0.2) is 0 Å². The Morgan fingerprint density at radius 2 is 1.36 bits per heavy atom. The molecule has 0 aromatic heterocycles. The first-order chi connectivity index (χ1) is 6.85. The van der Waals surface area contributed by atoms with E-state index >= 15 is 0 Å². The van der Waals surface area contributed by atoms with Crippen LogP contribution in [-0.2, 0) is 4.18 Å². The number of unbranched alkanes of at least 4 members (excludes halogenated alkanes) is 5. The van der Waals surface area contributed by atoms with Crippen molar-refractivity contribution in [2.24, 2.45) is 0 Å². The molecule has 0 bridgehead atoms. The highest BCUT2D eigenvalue weighted by molar-refractivity contribution is 7.75. The summed E-state index contributed by atoms with van der Waals surface area (Å²) in [5, 5.41) is 0. The second-order valence-corrected chi connectivity index (χ2v) is 4.28. The van der Waals surface area contributed by atoms with Gasteiger partial charge in [0.2, 0.25) is 0 Å². The molecular formula is C12H26OS. The Morgan fingerprint density at radius 1 is 0.857 bits per heavy atom. The maximum absolute atomic E-state index is 5.17. The van der Waals surface area contributed by atoms with Gasteiger partial charge >= 0.3 is 0 Å². The van der Waals surface area contributed by atoms with Crippen molar-refractivity contribution in [3.63, 3.8) is 0 Å². The van der Waals surface area contributed by atoms with Crippen LogP contribution in [0.3, 0.4) is 0 Å². The van der Waals surface area contributed by atoms with Crippen molar-refractivity contribution in [2.75, 3.05) is 0 Å². The highest BCUT2D eigenvalue weighted by atomic mass is 32.1. The second kappa shape index (κ2) is 11.4. The zero-order chi connectivity index (χ0) is 10.6. The summed E-state index contributed by atoms with van der Waals surface area (Å²) in [5.41, 5.74) is 0. The molecule has 0 aromatic rings. The molecule has 1 nitrogen and oxygen atoms in total. The third-order valence-electron chi connectivity index (χ3n) is 2.66. The third kappa shape index (κ3) is 8.89. The third-order valence-corrected chi connectivity index (χ3v) is 2.96. The number of thiol groups is 1. The molecular weight excluding hydrogens is 192 g/mol. The molecule has 0 aliphatic rings. The van der Waals surface area contributed by atoms with Crippen molar-refractivity contribution in [3.05, 3.63) is 0 Å². The van der Waals surface area contributed by atoms with Crippen LogP contribution in [0.2, 0.25) is 0 Å². The molecule has 14 heavy (non-hydrogen) atoms. The van der Waals surface area contributed by atoms with Crippen molar-refractivity contribution in [1.82, 2.24) is 0 Å². The highest BCUT2D eigenvalue weighted by Crippen LogP contribution is 2.15. The summed E-state index contributed by atoms with van der Waals surface area (Å²) < 4.78 is 5.17. The Labute approximate surface area is 95.2 Å². The second-order valence-electron chi connectivity index (χ2n) is 4.07. The fourth-order valence-corrected chi connectivity index (χ4v) is 1.88. The summed E-state index contributed by atoms with van der Waals surface area (Å²) in [7, 11) is 0. The highest BCUT2D eigenvalue weighted by Gasteiger charge is 2.06. The van der Waals surface area contributed by atoms with E-state index < -0.39 is 0 Å². The molecule has 0 aliphatic carbocycles. The van der Waals surface area contributed by atoms with Crippen molar-refractivity contribution in [1.29, 1.82) is 0 Å². The minimum Gasteiger partial charge on any atom is -0.315 e. The average Bonchev–Trinajstić information content (AvgIpc) is 2.22. The monoisotopic (exact) mass is 218 g/mol. The van der Waals surface area contributed by atoms with Crippen LogP contribution in [0.25, 0.3) is 0 Å². The largest absolute Gasteiger partial charge is 0.315 e. The van der Waals surface area contributed by atoms with Crippen molar-refractivity contribution in [3.8, 4) is 0 Å². The van der Waals surface area contributed by atoms with Gasteiger partial charge in [-0.15, -0.1) is 0 Å². The number of rotatable bonds is 10. The standard InChI is InChI=1S/C12H26OS/c1-3-5-7-9-11-12(13-14)10-8-6-4-2/h12,14H,3-11H2,1-2H3. The maximum Gasteiger partial charge on any atom is 0.0719 e. The van der Waals surface area contributed by atoms with Crippen LogP contribution in [0.15, 0.2) is 0 Å². The molecule has 1 atom stereocenters. The van der Waals surface area contributed by atoms with Gasteiger partial charge in [-0.05, 0) is 25.8 Å². The van der Waals surface area contributed by atoms with Crippen molar-refractivity contribution < 1.29 is 4.18 Å². The van der Waals surface area contributed by atoms with E-state index in [-0.39, 0.29) is 0 Å². The number of hydrogen-bond acceptors (Lipinski definition) is 2. The van der Waals surface area contributed by atoms with Crippen LogP contribution in [0, 0.1) is 0 Å². The lowest BCUT2D eigenvalue weighted by molar-refractivity contribution is 0.211. The molecule has 0 fully saturated rings. The summed E-state index contributed by atoms with van der Waals surface area (Å²) in [6.45, 7) is 4.48. The predicted octanol–water partition coefficient (Wildman–Crippen LogP) is 4.77. The zero-order valence-corrected chi connectivity index (χ0v) is 10.7. The fraction of sp³-hybridized carbons (Fsp3) is 1.00. The van der Waals surface area contributed by atoms with Gasteiger partial charge in [0.05, 0.1) is 6.10 Å². The Bertz CT molecular complexity index is 106. The lowest BCUT2D eigenvalue weighted by atomic mass is 10.0. The molecule has 0 rings (SSSR count). The number of hydrogen-bond donors (Lipinski definition) is 1. The van der Waals surface area contributed by atoms with Gasteiger partial charge < -0.3 is 4.18 Å². The van der Waals surface area contributed by atoms with Gasteiger partial charge in [-0.3, -0.25) is 0 Å². The molecule has 0 aromatic carbocycles. The zero-order valence-electron chi connectivity index (χ0n) is 9.80. The fourth-order valence-electron chi connectivity index (χ4n) is 1.67. The van der Waals surface area contributed by atoms with E-state index in [2.05, 4.69) is 26.8 Å². The molecule has 0 aliphatic heterocycles. The summed E-state index contributed by atoms with van der Waals surface area (Å²) in [6.07, 6.45) is 12.0. The SMILES string of the molecule is CCCCCCC(CCCCC)OS. The van der Waals surface area contributed by atoms with Crippen LogP contribution < -0.4 is 0 Å². The van der Waals surface area contributed by atoms with Gasteiger partial charge in [0.15, 0.2) is 0 Å². The Balaban J connectivity index is 3.28. The molecule has 0 saturated carbocycles. The van der Waals surface area contributed by atoms with Gasteiger partial charge in [-0.1, -0.05) is 58.8 Å². The van der Waals surface area contributed by atoms with Crippen LogP contribution in [-0.4, -0.2) is 6.10 Å². The van der Waals surface area contributed by atoms with Gasteiger partial charge in [0, 0.05) is 0 Å². The maximum atomic E-state index is 5.17. The Morgan fingerprint density at radius 3 is 1.86 bits per heavy atom. The van der Waals surface area contributed by atoms with Crippen LogP contribution >= 0.6 is 12.9 Å². The first-order valence-corrected chi connectivity index (χ1v) is 6.51. The minimum absolute atomic E-state index is 0.390. The summed E-state index contributed by atoms with van der Waals surface area (Å²) in [5.74, 6) is 0. The van der Waals surface area contributed by atoms with E-state index in [9.17, 15) is 0 Å². The normalized spacial score (nSPS) is 13.1. The molecule has 0 radical (unpaired) electrons. The Hall–Kier alpha value is 0.310. The molecule has 2 heteroatoms. The minimum atomic E-state index is 0.390. The molecule has 0 amide bonds. The van der Waals surface area contributed by atoms with E-state index in [1.165, 1.54) is 57.8 Å². The molecule has 0 heterocycles. The van der Waals surface area contributed by atoms with E-state index in [0.717, 1.165) is 0 Å². The summed E-state index contributed by atoms with van der Waals surface area (Å²) in [4.78, 5) is 0. The van der Waals surface area contributed by atoms with E-state index in [4.69, 9.17) is 4.18 Å². The van der Waals surface area contributed by atoms with E-state index in [0.29, 0.717) is 6.10 Å². The van der Waals surface area contributed by atoms with E-state index in [1.54, 1.807) is 0 Å². The average molecular weight is 218 g/mol. The van der Waals surface area contributed by atoms with Crippen molar-refractivity contribution >= 4 is 12.9 Å². The molecule has 0 N–H and O–H groups in total. The first-order valence-electron chi connectivity index (χ1n) is 6.15. The molecule has 0 saturated heterocycles. The lowest BCUT2D eigenvalue weighted by Crippen LogP contribution is -2.07.